The van der Waals surface area contributed by atoms with E-state index in [1.165, 1.54) is 11.8 Å². The maximum atomic E-state index is 11.4. The molecule has 0 bridgehead atoms. The summed E-state index contributed by atoms with van der Waals surface area (Å²) in [6.45, 7) is 3.63. The van der Waals surface area contributed by atoms with E-state index >= 15 is 0 Å². The van der Waals surface area contributed by atoms with Gasteiger partial charge in [0.2, 0.25) is 0 Å². The van der Waals surface area contributed by atoms with Crippen molar-refractivity contribution in [3.05, 3.63) is 47.2 Å². The Kier molecular flexibility index (Phi) is 3.39. The molecule has 3 rings (SSSR count). The van der Waals surface area contributed by atoms with Gasteiger partial charge in [-0.3, -0.25) is 0 Å². The number of fused-ring (bicyclic) bond motifs is 1. The second kappa shape index (κ2) is 5.21. The van der Waals surface area contributed by atoms with Crippen LogP contribution in [0.25, 0.3) is 11.0 Å². The molecule has 0 aliphatic heterocycles. The summed E-state index contributed by atoms with van der Waals surface area (Å²) in [6.07, 6.45) is 0. The van der Waals surface area contributed by atoms with Gasteiger partial charge in [-0.15, -0.1) is 0 Å². The van der Waals surface area contributed by atoms with Crippen LogP contribution in [-0.4, -0.2) is 26.0 Å². The molecule has 0 aliphatic carbocycles. The molecule has 0 spiro atoms. The van der Waals surface area contributed by atoms with Gasteiger partial charge in [-0.2, -0.15) is 0 Å². The Balaban J connectivity index is 2.06. The Morgan fingerprint density at radius 2 is 2.00 bits per heavy atom. The lowest BCUT2D eigenvalue weighted by Gasteiger charge is -2.07. The molecule has 0 saturated carbocycles. The van der Waals surface area contributed by atoms with Crippen molar-refractivity contribution in [2.45, 2.75) is 24.0 Å². The summed E-state index contributed by atoms with van der Waals surface area (Å²) in [5, 5.41) is 10.5. The fourth-order valence-corrected chi connectivity index (χ4v) is 3.23. The van der Waals surface area contributed by atoms with Crippen molar-refractivity contribution in [1.82, 2.24) is 15.0 Å². The molecule has 2 N–H and O–H groups in total. The SMILES string of the molecule is Cc1cc(C)c(C(=O)O)c(Sc2nc3ccccc3[nH]2)n1. The quantitative estimate of drug-likeness (QED) is 0.774. The second-order valence-corrected chi connectivity index (χ2v) is 5.70. The first kappa shape index (κ1) is 13.6. The minimum Gasteiger partial charge on any atom is -0.478 e. The third kappa shape index (κ3) is 2.62. The van der Waals surface area contributed by atoms with Crippen LogP contribution in [0.15, 0.2) is 40.5 Å². The molecule has 3 aromatic rings. The lowest BCUT2D eigenvalue weighted by Crippen LogP contribution is -2.05. The average molecular weight is 299 g/mol. The van der Waals surface area contributed by atoms with Gasteiger partial charge in [-0.25, -0.2) is 14.8 Å². The molecule has 1 aromatic carbocycles. The number of aromatic nitrogens is 3. The summed E-state index contributed by atoms with van der Waals surface area (Å²) in [5.74, 6) is -0.974. The number of aryl methyl sites for hydroxylation is 2. The van der Waals surface area contributed by atoms with Crippen LogP contribution in [0.5, 0.6) is 0 Å². The number of imidazole rings is 1. The summed E-state index contributed by atoms with van der Waals surface area (Å²) in [6, 6.07) is 9.44. The maximum absolute atomic E-state index is 11.4. The third-order valence-corrected chi connectivity index (χ3v) is 3.96. The Hall–Kier alpha value is -2.34. The highest BCUT2D eigenvalue weighted by molar-refractivity contribution is 7.99. The lowest BCUT2D eigenvalue weighted by molar-refractivity contribution is 0.0691. The van der Waals surface area contributed by atoms with E-state index in [-0.39, 0.29) is 5.56 Å². The van der Waals surface area contributed by atoms with Crippen molar-refractivity contribution in [2.24, 2.45) is 0 Å². The summed E-state index contributed by atoms with van der Waals surface area (Å²) in [7, 11) is 0. The smallest absolute Gasteiger partial charge is 0.338 e. The third-order valence-electron chi connectivity index (χ3n) is 3.09. The lowest BCUT2D eigenvalue weighted by atomic mass is 10.1. The van der Waals surface area contributed by atoms with E-state index in [2.05, 4.69) is 15.0 Å². The highest BCUT2D eigenvalue weighted by Crippen LogP contribution is 2.30. The number of aromatic carboxylic acids is 1. The van der Waals surface area contributed by atoms with Crippen LogP contribution in [0.2, 0.25) is 0 Å². The number of carboxylic acids is 1. The van der Waals surface area contributed by atoms with Crippen LogP contribution in [0.3, 0.4) is 0 Å². The largest absolute Gasteiger partial charge is 0.478 e. The van der Waals surface area contributed by atoms with E-state index in [1.54, 1.807) is 13.0 Å². The zero-order valence-corrected chi connectivity index (χ0v) is 12.4. The first-order valence-electron chi connectivity index (χ1n) is 6.39. The second-order valence-electron chi connectivity index (χ2n) is 4.73. The van der Waals surface area contributed by atoms with Gasteiger partial charge < -0.3 is 10.1 Å². The summed E-state index contributed by atoms with van der Waals surface area (Å²) in [5.41, 5.74) is 3.48. The number of carboxylic acid groups (broad SMARTS) is 1. The standard InChI is InChI=1S/C15H13N3O2S/c1-8-7-9(2)16-13(12(8)14(19)20)21-15-17-10-5-3-4-6-11(10)18-15/h3-7H,1-2H3,(H,17,18)(H,19,20). The molecular formula is C15H13N3O2S. The number of hydrogen-bond acceptors (Lipinski definition) is 4. The number of nitrogens with one attached hydrogen (secondary N) is 1. The maximum Gasteiger partial charge on any atom is 0.338 e. The number of hydrogen-bond donors (Lipinski definition) is 2. The van der Waals surface area contributed by atoms with E-state index in [0.717, 1.165) is 16.7 Å². The van der Waals surface area contributed by atoms with Crippen LogP contribution in [0, 0.1) is 13.8 Å². The average Bonchev–Trinajstić information content (AvgIpc) is 2.79. The van der Waals surface area contributed by atoms with Crippen molar-refractivity contribution < 1.29 is 9.90 Å². The highest BCUT2D eigenvalue weighted by Gasteiger charge is 2.18. The normalized spacial score (nSPS) is 11.0. The molecular weight excluding hydrogens is 286 g/mol. The number of para-hydroxylation sites is 2. The van der Waals surface area contributed by atoms with Crippen molar-refractivity contribution in [2.75, 3.05) is 0 Å². The van der Waals surface area contributed by atoms with Crippen molar-refractivity contribution >= 4 is 28.8 Å². The Morgan fingerprint density at radius 3 is 2.71 bits per heavy atom. The fourth-order valence-electron chi connectivity index (χ4n) is 2.21. The first-order chi connectivity index (χ1) is 10.0. The van der Waals surface area contributed by atoms with Gasteiger partial charge in [-0.05, 0) is 49.4 Å². The van der Waals surface area contributed by atoms with Crippen molar-refractivity contribution in [1.29, 1.82) is 0 Å². The van der Waals surface area contributed by atoms with E-state index in [4.69, 9.17) is 0 Å². The molecule has 0 fully saturated rings. The number of H-pyrrole nitrogens is 1. The number of pyridine rings is 1. The van der Waals surface area contributed by atoms with Crippen LogP contribution in [-0.2, 0) is 0 Å². The fraction of sp³-hybridized carbons (Fsp3) is 0.133. The van der Waals surface area contributed by atoms with Gasteiger partial charge in [0.25, 0.3) is 0 Å². The van der Waals surface area contributed by atoms with E-state index in [0.29, 0.717) is 15.7 Å². The molecule has 106 valence electrons. The molecule has 0 saturated heterocycles. The van der Waals surface area contributed by atoms with E-state index < -0.39 is 5.97 Å². The zero-order valence-electron chi connectivity index (χ0n) is 11.5. The highest BCUT2D eigenvalue weighted by atomic mass is 32.2. The monoisotopic (exact) mass is 299 g/mol. The Labute approximate surface area is 125 Å². The molecule has 0 amide bonds. The van der Waals surface area contributed by atoms with Gasteiger partial charge in [-0.1, -0.05) is 12.1 Å². The first-order valence-corrected chi connectivity index (χ1v) is 7.20. The Morgan fingerprint density at radius 1 is 1.24 bits per heavy atom. The molecule has 2 aromatic heterocycles. The number of carbonyl (C=O) groups is 1. The Bertz CT molecular complexity index is 809. The topological polar surface area (TPSA) is 78.9 Å². The van der Waals surface area contributed by atoms with Crippen LogP contribution >= 0.6 is 11.8 Å². The predicted octanol–water partition coefficient (Wildman–Crippen LogP) is 3.42. The predicted molar refractivity (Wildman–Crippen MR) is 80.9 cm³/mol. The molecule has 5 nitrogen and oxygen atoms in total. The summed E-state index contributed by atoms with van der Waals surface area (Å²) < 4.78 is 0. The van der Waals surface area contributed by atoms with Crippen molar-refractivity contribution in [3.8, 4) is 0 Å². The number of benzene rings is 1. The van der Waals surface area contributed by atoms with Gasteiger partial charge in [0.15, 0.2) is 5.16 Å². The molecule has 21 heavy (non-hydrogen) atoms. The van der Waals surface area contributed by atoms with Gasteiger partial charge in [0.05, 0.1) is 16.6 Å². The van der Waals surface area contributed by atoms with Crippen LogP contribution in [0.1, 0.15) is 21.6 Å². The van der Waals surface area contributed by atoms with E-state index in [1.807, 2.05) is 31.2 Å². The number of nitrogens with zero attached hydrogens (tertiary/aromatic N) is 2. The van der Waals surface area contributed by atoms with Crippen LogP contribution in [0.4, 0.5) is 0 Å². The summed E-state index contributed by atoms with van der Waals surface area (Å²) in [4.78, 5) is 23.4. The molecule has 2 heterocycles. The van der Waals surface area contributed by atoms with Crippen LogP contribution < -0.4 is 0 Å². The van der Waals surface area contributed by atoms with Crippen molar-refractivity contribution in [3.63, 3.8) is 0 Å². The van der Waals surface area contributed by atoms with E-state index in [9.17, 15) is 9.90 Å². The minimum atomic E-state index is -0.974. The van der Waals surface area contributed by atoms with Gasteiger partial charge in [0, 0.05) is 5.69 Å². The molecule has 0 unspecified atom stereocenters. The van der Waals surface area contributed by atoms with Gasteiger partial charge >= 0.3 is 5.97 Å². The molecule has 0 radical (unpaired) electrons. The molecule has 6 heteroatoms. The van der Waals surface area contributed by atoms with Gasteiger partial charge in [0.1, 0.15) is 5.03 Å². The minimum absolute atomic E-state index is 0.228. The summed E-state index contributed by atoms with van der Waals surface area (Å²) >= 11 is 1.24. The number of aromatic amines is 1. The number of rotatable bonds is 3. The molecule has 0 atom stereocenters. The molecule has 0 aliphatic rings. The zero-order chi connectivity index (χ0) is 15.0.